The zero-order valence-corrected chi connectivity index (χ0v) is 24.1. The minimum absolute atomic E-state index is 1.18. The van der Waals surface area contributed by atoms with Crippen LogP contribution in [0.4, 0.5) is 0 Å². The summed E-state index contributed by atoms with van der Waals surface area (Å²) < 4.78 is 7.57. The normalized spacial score (nSPS) is 12.9. The van der Waals surface area contributed by atoms with Gasteiger partial charge in [-0.25, -0.2) is 0 Å². The second-order valence-electron chi connectivity index (χ2n) is 12.5. The molecule has 0 fully saturated rings. The number of fused-ring (bicyclic) bond motifs is 17. The molecule has 0 aliphatic heterocycles. The molecule has 0 N–H and O–H groups in total. The van der Waals surface area contributed by atoms with E-state index >= 15 is 0 Å². The van der Waals surface area contributed by atoms with Crippen molar-refractivity contribution in [2.75, 3.05) is 0 Å². The van der Waals surface area contributed by atoms with Crippen LogP contribution in [0.5, 0.6) is 0 Å². The molecule has 5 heterocycles. The minimum Gasteiger partial charge on any atom is -0.308 e. The molecule has 0 aliphatic rings. The SMILES string of the molecule is c1ccc(-n2c3ccccc3c3ccc4c5cc6c(c7cccc8c9ccccc9n6c87)c6c7ccccc7n(c56)c4c32)cc1. The number of para-hydroxylation sites is 5. The minimum atomic E-state index is 1.18. The van der Waals surface area contributed by atoms with Crippen LogP contribution in [0.15, 0.2) is 140 Å². The monoisotopic (exact) mass is 569 g/mol. The first-order valence-electron chi connectivity index (χ1n) is 15.6. The molecular formula is C42H23N3. The van der Waals surface area contributed by atoms with E-state index in [2.05, 4.69) is 153 Å². The maximum absolute atomic E-state index is 2.57. The summed E-state index contributed by atoms with van der Waals surface area (Å²) in [4.78, 5) is 0. The van der Waals surface area contributed by atoms with E-state index in [1.807, 2.05) is 0 Å². The van der Waals surface area contributed by atoms with E-state index in [1.165, 1.54) is 104 Å². The first-order chi connectivity index (χ1) is 22.4. The van der Waals surface area contributed by atoms with Gasteiger partial charge in [-0.1, -0.05) is 103 Å². The highest BCUT2D eigenvalue weighted by molar-refractivity contribution is 6.39. The average Bonchev–Trinajstić information content (AvgIpc) is 3.88. The quantitative estimate of drug-likeness (QED) is 0.187. The molecule has 206 valence electrons. The Balaban J connectivity index is 1.43. The third-order valence-corrected chi connectivity index (χ3v) is 10.5. The fraction of sp³-hybridized carbons (Fsp3) is 0. The fourth-order valence-corrected chi connectivity index (χ4v) is 8.84. The smallest absolute Gasteiger partial charge is 0.0789 e. The molecule has 0 bridgehead atoms. The number of rotatable bonds is 1. The molecule has 5 aromatic heterocycles. The predicted molar refractivity (Wildman–Crippen MR) is 190 cm³/mol. The number of aromatic nitrogens is 3. The summed E-state index contributed by atoms with van der Waals surface area (Å²) in [5, 5.41) is 13.1. The fourth-order valence-electron chi connectivity index (χ4n) is 8.84. The Hall–Kier alpha value is -6.06. The van der Waals surface area contributed by atoms with Crippen LogP contribution < -0.4 is 0 Å². The van der Waals surface area contributed by atoms with Crippen molar-refractivity contribution < 1.29 is 0 Å². The average molecular weight is 570 g/mol. The zero-order chi connectivity index (χ0) is 29.0. The topological polar surface area (TPSA) is 13.8 Å². The van der Waals surface area contributed by atoms with E-state index in [0.29, 0.717) is 0 Å². The first-order valence-corrected chi connectivity index (χ1v) is 15.6. The van der Waals surface area contributed by atoms with Crippen LogP contribution >= 0.6 is 0 Å². The van der Waals surface area contributed by atoms with Crippen LogP contribution in [0.1, 0.15) is 0 Å². The molecule has 0 unspecified atom stereocenters. The Labute approximate surface area is 256 Å². The highest BCUT2D eigenvalue weighted by atomic mass is 15.0. The van der Waals surface area contributed by atoms with Crippen LogP contribution in [-0.2, 0) is 0 Å². The molecule has 3 heteroatoms. The maximum Gasteiger partial charge on any atom is 0.0789 e. The van der Waals surface area contributed by atoms with Crippen molar-refractivity contribution >= 4 is 98.0 Å². The lowest BCUT2D eigenvalue weighted by Gasteiger charge is -2.09. The summed E-state index contributed by atoms with van der Waals surface area (Å²) >= 11 is 0. The lowest BCUT2D eigenvalue weighted by Crippen LogP contribution is -1.95. The van der Waals surface area contributed by atoms with Crippen molar-refractivity contribution in [3.05, 3.63) is 140 Å². The molecule has 0 saturated heterocycles. The number of hydrogen-bond acceptors (Lipinski definition) is 0. The summed E-state index contributed by atoms with van der Waals surface area (Å²) in [5.74, 6) is 0. The van der Waals surface area contributed by atoms with Crippen LogP contribution in [0.25, 0.3) is 104 Å². The third-order valence-electron chi connectivity index (χ3n) is 10.5. The highest BCUT2D eigenvalue weighted by Gasteiger charge is 2.27. The zero-order valence-electron chi connectivity index (χ0n) is 24.1. The Bertz CT molecular complexity index is 3190. The molecule has 3 nitrogen and oxygen atoms in total. The van der Waals surface area contributed by atoms with Gasteiger partial charge in [-0.05, 0) is 36.4 Å². The molecule has 7 aromatic carbocycles. The van der Waals surface area contributed by atoms with Crippen LogP contribution in [0.2, 0.25) is 0 Å². The van der Waals surface area contributed by atoms with Crippen molar-refractivity contribution in [1.29, 1.82) is 0 Å². The van der Waals surface area contributed by atoms with Gasteiger partial charge in [0.25, 0.3) is 0 Å². The van der Waals surface area contributed by atoms with Gasteiger partial charge < -0.3 is 13.4 Å². The van der Waals surface area contributed by atoms with Crippen LogP contribution in [0, 0.1) is 0 Å². The van der Waals surface area contributed by atoms with E-state index < -0.39 is 0 Å². The summed E-state index contributed by atoms with van der Waals surface area (Å²) in [6, 6.07) is 51.6. The molecule has 0 spiro atoms. The van der Waals surface area contributed by atoms with Gasteiger partial charge in [-0.2, -0.15) is 0 Å². The van der Waals surface area contributed by atoms with Crippen molar-refractivity contribution in [3.63, 3.8) is 0 Å². The second kappa shape index (κ2) is 7.53. The van der Waals surface area contributed by atoms with E-state index in [-0.39, 0.29) is 0 Å². The predicted octanol–water partition coefficient (Wildman–Crippen LogP) is 11.1. The van der Waals surface area contributed by atoms with Gasteiger partial charge in [0, 0.05) is 59.5 Å². The summed E-state index contributed by atoms with van der Waals surface area (Å²) in [6.45, 7) is 0. The van der Waals surface area contributed by atoms with Crippen LogP contribution in [0.3, 0.4) is 0 Å². The standard InChI is InChI=1S/C42H23N3/c1-2-11-24(12-3-1)43-33-18-7-4-14-26(33)28-21-22-29-32-23-36-37(31-17-10-16-27-25-13-5-8-19-34(25)44(36)39(27)31)38-30-15-6-9-20-35(30)45(40(32)38)42(29)41(28)43/h1-23H. The van der Waals surface area contributed by atoms with E-state index in [0.717, 1.165) is 0 Å². The van der Waals surface area contributed by atoms with Gasteiger partial charge >= 0.3 is 0 Å². The number of benzene rings is 7. The highest BCUT2D eigenvalue weighted by Crippen LogP contribution is 2.49. The van der Waals surface area contributed by atoms with E-state index in [1.54, 1.807) is 0 Å². The van der Waals surface area contributed by atoms with Gasteiger partial charge in [0.2, 0.25) is 0 Å². The van der Waals surface area contributed by atoms with Crippen molar-refractivity contribution in [2.45, 2.75) is 0 Å². The molecular weight excluding hydrogens is 546 g/mol. The number of nitrogens with zero attached hydrogens (tertiary/aromatic N) is 3. The van der Waals surface area contributed by atoms with Gasteiger partial charge in [-0.3, -0.25) is 0 Å². The van der Waals surface area contributed by atoms with Gasteiger partial charge in [-0.15, -0.1) is 0 Å². The Morgan fingerprint density at radius 2 is 0.867 bits per heavy atom. The Morgan fingerprint density at radius 1 is 0.289 bits per heavy atom. The van der Waals surface area contributed by atoms with E-state index in [9.17, 15) is 0 Å². The molecule has 0 saturated carbocycles. The van der Waals surface area contributed by atoms with E-state index in [4.69, 9.17) is 0 Å². The molecule has 12 aromatic rings. The second-order valence-corrected chi connectivity index (χ2v) is 12.5. The Kier molecular flexibility index (Phi) is 3.76. The summed E-state index contributed by atoms with van der Waals surface area (Å²) in [6.07, 6.45) is 0. The molecule has 45 heavy (non-hydrogen) atoms. The largest absolute Gasteiger partial charge is 0.308 e. The van der Waals surface area contributed by atoms with Crippen molar-refractivity contribution in [3.8, 4) is 5.69 Å². The molecule has 0 amide bonds. The van der Waals surface area contributed by atoms with Gasteiger partial charge in [0.15, 0.2) is 0 Å². The van der Waals surface area contributed by atoms with Crippen molar-refractivity contribution in [2.24, 2.45) is 0 Å². The molecule has 0 atom stereocenters. The Morgan fingerprint density at radius 3 is 1.67 bits per heavy atom. The molecule has 0 aliphatic carbocycles. The third kappa shape index (κ3) is 2.43. The lowest BCUT2D eigenvalue weighted by molar-refractivity contribution is 1.18. The lowest BCUT2D eigenvalue weighted by atomic mass is 10.0. The van der Waals surface area contributed by atoms with Gasteiger partial charge in [0.1, 0.15) is 0 Å². The van der Waals surface area contributed by atoms with Crippen LogP contribution in [-0.4, -0.2) is 13.4 Å². The summed E-state index contributed by atoms with van der Waals surface area (Å²) in [7, 11) is 0. The molecule has 12 rings (SSSR count). The molecule has 0 radical (unpaired) electrons. The first kappa shape index (κ1) is 22.5. The van der Waals surface area contributed by atoms with Gasteiger partial charge in [0.05, 0.1) is 44.1 Å². The number of hydrogen-bond donors (Lipinski definition) is 0. The summed E-state index contributed by atoms with van der Waals surface area (Å²) in [5.41, 5.74) is 11.4. The maximum atomic E-state index is 2.57. The van der Waals surface area contributed by atoms with Crippen molar-refractivity contribution in [1.82, 2.24) is 13.4 Å².